The van der Waals surface area contributed by atoms with E-state index in [9.17, 15) is 19.2 Å². The lowest BCUT2D eigenvalue weighted by Gasteiger charge is -2.34. The molecule has 3 unspecified atom stereocenters. The minimum atomic E-state index is -0.891. The highest BCUT2D eigenvalue weighted by molar-refractivity contribution is 6.42. The Balaban J connectivity index is 0.922. The number of likely N-dealkylation sites (tertiary alicyclic amines) is 2. The Kier molecular flexibility index (Phi) is 11.4. The average molecular weight is 849 g/mol. The molecule has 4 heterocycles. The van der Waals surface area contributed by atoms with E-state index in [4.69, 9.17) is 28.9 Å². The summed E-state index contributed by atoms with van der Waals surface area (Å²) in [4.78, 5) is 77.7. The van der Waals surface area contributed by atoms with Gasteiger partial charge in [-0.25, -0.2) is 19.6 Å². The number of hydrogen-bond acceptors (Lipinski definition) is 10. The van der Waals surface area contributed by atoms with Crippen molar-refractivity contribution in [2.24, 2.45) is 16.8 Å². The SMILES string of the molecule is COC(=O)/N=C(/C(=O)N1[C@H](c2ncc(-c3ccc4c(c3)C3=CCC(c5cnc([C@@H]6C[C@@H]7CCCC7N6C(=O)C(NC(=O)OC)[C@@H](C)OC)[nH]5)C=C34)[nH]2)C[C@@H]2CCC[C@@H]21)[C@@H](C)OC. The molecular weight excluding hydrogens is 793 g/mol. The first-order valence-electron chi connectivity index (χ1n) is 21.9. The molecule has 16 nitrogen and oxygen atoms in total. The number of benzene rings is 1. The molecule has 0 spiro atoms. The summed E-state index contributed by atoms with van der Waals surface area (Å²) in [6.07, 6.45) is 14.0. The molecule has 9 rings (SSSR count). The van der Waals surface area contributed by atoms with Crippen LogP contribution in [0.5, 0.6) is 0 Å². The van der Waals surface area contributed by atoms with Crippen molar-refractivity contribution in [2.45, 2.75) is 120 Å². The van der Waals surface area contributed by atoms with E-state index in [2.05, 4.69) is 50.6 Å². The lowest BCUT2D eigenvalue weighted by molar-refractivity contribution is -0.140. The second-order valence-corrected chi connectivity index (χ2v) is 17.6. The minimum Gasteiger partial charge on any atom is -0.453 e. The molecule has 328 valence electrons. The number of aliphatic imine (C=N–C) groups is 1. The van der Waals surface area contributed by atoms with Gasteiger partial charge >= 0.3 is 12.2 Å². The van der Waals surface area contributed by atoms with E-state index in [0.29, 0.717) is 17.7 Å². The normalized spacial score (nSPS) is 27.5. The number of amides is 4. The van der Waals surface area contributed by atoms with Gasteiger partial charge in [0.05, 0.1) is 44.3 Å². The largest absolute Gasteiger partial charge is 0.453 e. The van der Waals surface area contributed by atoms with Crippen LogP contribution in [0.25, 0.3) is 22.4 Å². The van der Waals surface area contributed by atoms with Crippen LogP contribution in [0.2, 0.25) is 0 Å². The van der Waals surface area contributed by atoms with Crippen LogP contribution >= 0.6 is 0 Å². The zero-order chi connectivity index (χ0) is 43.4. The van der Waals surface area contributed by atoms with Gasteiger partial charge in [0.15, 0.2) is 0 Å². The topological polar surface area (TPSA) is 193 Å². The lowest BCUT2D eigenvalue weighted by Crippen LogP contribution is -2.55. The smallest absolute Gasteiger partial charge is 0.433 e. The Bertz CT molecular complexity index is 2350. The van der Waals surface area contributed by atoms with E-state index in [0.717, 1.165) is 80.6 Å². The molecule has 4 aliphatic carbocycles. The number of allylic oxidation sites excluding steroid dienone is 4. The van der Waals surface area contributed by atoms with Gasteiger partial charge in [-0.2, -0.15) is 4.99 Å². The van der Waals surface area contributed by atoms with E-state index in [-0.39, 0.29) is 47.6 Å². The summed E-state index contributed by atoms with van der Waals surface area (Å²) in [6.45, 7) is 3.48. The quantitative estimate of drug-likeness (QED) is 0.176. The van der Waals surface area contributed by atoms with Crippen molar-refractivity contribution >= 4 is 40.9 Å². The first-order chi connectivity index (χ1) is 30.0. The van der Waals surface area contributed by atoms with Crippen LogP contribution in [0.1, 0.15) is 118 Å². The van der Waals surface area contributed by atoms with Crippen LogP contribution < -0.4 is 5.32 Å². The summed E-state index contributed by atoms with van der Waals surface area (Å²) >= 11 is 0. The van der Waals surface area contributed by atoms with Crippen molar-refractivity contribution in [1.29, 1.82) is 0 Å². The number of aromatic nitrogens is 4. The minimum absolute atomic E-state index is 0.0258. The number of rotatable bonds is 11. The number of nitrogens with zero attached hydrogens (tertiary/aromatic N) is 5. The Hall–Kier alpha value is -5.61. The van der Waals surface area contributed by atoms with Gasteiger partial charge in [0, 0.05) is 49.7 Å². The number of ether oxygens (including phenoxy) is 4. The third kappa shape index (κ3) is 7.23. The summed E-state index contributed by atoms with van der Waals surface area (Å²) in [5, 5.41) is 2.72. The molecule has 0 radical (unpaired) electrons. The number of methoxy groups -OCH3 is 4. The Morgan fingerprint density at radius 3 is 2.21 bits per heavy atom. The summed E-state index contributed by atoms with van der Waals surface area (Å²) in [7, 11) is 5.55. The third-order valence-corrected chi connectivity index (χ3v) is 14.5. The zero-order valence-electron chi connectivity index (χ0n) is 36.2. The monoisotopic (exact) mass is 848 g/mol. The summed E-state index contributed by atoms with van der Waals surface area (Å²) in [5.41, 5.74) is 7.70. The number of aromatic amines is 2. The van der Waals surface area contributed by atoms with Crippen LogP contribution in [-0.2, 0) is 28.5 Å². The molecule has 1 aromatic carbocycles. The van der Waals surface area contributed by atoms with Crippen molar-refractivity contribution in [3.05, 3.63) is 71.2 Å². The molecule has 3 N–H and O–H groups in total. The molecule has 0 bridgehead atoms. The molecule has 10 atom stereocenters. The van der Waals surface area contributed by atoms with E-state index in [1.165, 1.54) is 50.7 Å². The van der Waals surface area contributed by atoms with Gasteiger partial charge < -0.3 is 44.0 Å². The van der Waals surface area contributed by atoms with Crippen LogP contribution in [0.15, 0.2) is 47.7 Å². The van der Waals surface area contributed by atoms with E-state index in [1.54, 1.807) is 13.8 Å². The predicted molar refractivity (Wildman–Crippen MR) is 229 cm³/mol. The first-order valence-corrected chi connectivity index (χ1v) is 21.9. The maximum atomic E-state index is 14.3. The van der Waals surface area contributed by atoms with Crippen LogP contribution in [0.4, 0.5) is 9.59 Å². The summed E-state index contributed by atoms with van der Waals surface area (Å²) in [5.74, 6) is 1.77. The van der Waals surface area contributed by atoms with Crippen LogP contribution in [0.3, 0.4) is 0 Å². The van der Waals surface area contributed by atoms with Crippen molar-refractivity contribution in [2.75, 3.05) is 28.4 Å². The van der Waals surface area contributed by atoms with E-state index in [1.807, 2.05) is 22.2 Å². The van der Waals surface area contributed by atoms with Crippen molar-refractivity contribution < 1.29 is 38.1 Å². The molecule has 4 fully saturated rings. The number of fused-ring (bicyclic) bond motifs is 6. The summed E-state index contributed by atoms with van der Waals surface area (Å²) in [6, 6.07) is 5.16. The molecule has 2 saturated carbocycles. The number of carbonyl (C=O) groups is 4. The number of alkyl carbamates (subject to hydrolysis) is 1. The molecule has 16 heteroatoms. The third-order valence-electron chi connectivity index (χ3n) is 14.5. The molecule has 2 aromatic heterocycles. The molecule has 2 aliphatic heterocycles. The van der Waals surface area contributed by atoms with Crippen LogP contribution in [-0.4, -0.2) is 118 Å². The van der Waals surface area contributed by atoms with E-state index < -0.39 is 30.4 Å². The Morgan fingerprint density at radius 2 is 1.52 bits per heavy atom. The van der Waals surface area contributed by atoms with Crippen molar-refractivity contribution in [1.82, 2.24) is 35.1 Å². The second-order valence-electron chi connectivity index (χ2n) is 17.6. The van der Waals surface area contributed by atoms with Crippen molar-refractivity contribution in [3.8, 4) is 11.3 Å². The Morgan fingerprint density at radius 1 is 0.823 bits per heavy atom. The average Bonchev–Trinajstić information content (AvgIpc) is 4.14. The van der Waals surface area contributed by atoms with Gasteiger partial charge in [0.2, 0.25) is 5.91 Å². The lowest BCUT2D eigenvalue weighted by atomic mass is 9.71. The first kappa shape index (κ1) is 41.7. The van der Waals surface area contributed by atoms with Crippen molar-refractivity contribution in [3.63, 3.8) is 0 Å². The maximum absolute atomic E-state index is 14.3. The number of hydrogen-bond donors (Lipinski definition) is 3. The molecule has 2 saturated heterocycles. The highest BCUT2D eigenvalue weighted by Gasteiger charge is 2.51. The molecule has 62 heavy (non-hydrogen) atoms. The van der Waals surface area contributed by atoms with Gasteiger partial charge in [-0.05, 0) is 99.0 Å². The second kappa shape index (κ2) is 16.9. The van der Waals surface area contributed by atoms with Gasteiger partial charge in [0.25, 0.3) is 5.91 Å². The fraction of sp³-hybridized carbons (Fsp3) is 0.543. The maximum Gasteiger partial charge on any atom is 0.433 e. The zero-order valence-corrected chi connectivity index (χ0v) is 36.2. The van der Waals surface area contributed by atoms with Gasteiger partial charge in [-0.3, -0.25) is 9.59 Å². The standard InChI is InChI=1S/C46H56N8O8/c1-23(59-3)39(51-45(57)61-5)43(55)53-35-11-7-9-27(35)19-37(53)41-47-21-33(49-41)25-13-15-29-31(17-25)30-16-14-26(18-32(29)30)34-22-48-42(50-34)38-20-28-10-8-12-36(28)54(38)44(56)40(24(2)60-4)52-46(58)62-6/h13,15-18,21-24,26-28,35-38,40H,7-12,14,19-20H2,1-6H3,(H,47,49)(H,48,50)(H,52,58)/b51-39+/t23-,24-,26?,27+,28+,35+,36?,37+,38+,40?/m1/s1. The molecule has 4 amide bonds. The predicted octanol–water partition coefficient (Wildman–Crippen LogP) is 6.65. The number of nitrogens with one attached hydrogen (secondary N) is 3. The Labute approximate surface area is 360 Å². The van der Waals surface area contributed by atoms with Crippen LogP contribution in [0, 0.1) is 11.8 Å². The highest BCUT2D eigenvalue weighted by Crippen LogP contribution is 2.52. The van der Waals surface area contributed by atoms with Gasteiger partial charge in [-0.1, -0.05) is 37.1 Å². The highest BCUT2D eigenvalue weighted by atomic mass is 16.5. The molecule has 6 aliphatic rings. The number of carbonyl (C=O) groups excluding carboxylic acids is 4. The molecular formula is C46H56N8O8. The molecule has 3 aromatic rings. The fourth-order valence-corrected chi connectivity index (χ4v) is 11.1. The number of imidazole rings is 2. The fourth-order valence-electron chi connectivity index (χ4n) is 11.1. The number of H-pyrrole nitrogens is 2. The van der Waals surface area contributed by atoms with E-state index >= 15 is 0 Å². The van der Waals surface area contributed by atoms with Gasteiger partial charge in [-0.15, -0.1) is 0 Å². The van der Waals surface area contributed by atoms with Gasteiger partial charge in [0.1, 0.15) is 29.5 Å². The summed E-state index contributed by atoms with van der Waals surface area (Å²) < 4.78 is 20.6.